The van der Waals surface area contributed by atoms with Crippen molar-refractivity contribution in [1.82, 2.24) is 20.0 Å². The summed E-state index contributed by atoms with van der Waals surface area (Å²) in [6.45, 7) is 0. The lowest BCUT2D eigenvalue weighted by molar-refractivity contribution is 0.427. The molecule has 0 bridgehead atoms. The summed E-state index contributed by atoms with van der Waals surface area (Å²) in [4.78, 5) is 1.05. The van der Waals surface area contributed by atoms with Gasteiger partial charge in [0.1, 0.15) is 0 Å². The van der Waals surface area contributed by atoms with Crippen LogP contribution in [0, 0.1) is 0 Å². The van der Waals surface area contributed by atoms with Crippen LogP contribution in [0.15, 0.2) is 57.5 Å². The van der Waals surface area contributed by atoms with E-state index in [0.29, 0.717) is 21.8 Å². The molecule has 0 aliphatic carbocycles. The van der Waals surface area contributed by atoms with E-state index >= 15 is 0 Å². The lowest BCUT2D eigenvalue weighted by Gasteiger charge is -2.04. The van der Waals surface area contributed by atoms with E-state index in [4.69, 9.17) is 22.0 Å². The summed E-state index contributed by atoms with van der Waals surface area (Å²) >= 11 is 9.24. The monoisotopic (exact) mass is 389 g/mol. The fourth-order valence-electron chi connectivity index (χ4n) is 2.25. The van der Waals surface area contributed by atoms with E-state index in [0.717, 1.165) is 21.9 Å². The van der Waals surface area contributed by atoms with Gasteiger partial charge in [0, 0.05) is 17.4 Å². The number of aromatic nitrogens is 4. The summed E-state index contributed by atoms with van der Waals surface area (Å²) in [5.41, 5.74) is 1.56. The molecule has 4 rings (SSSR count). The summed E-state index contributed by atoms with van der Waals surface area (Å²) in [6, 6.07) is 13.3. The molecule has 0 aliphatic rings. The van der Waals surface area contributed by atoms with Gasteiger partial charge in [-0.2, -0.15) is 0 Å². The standard InChI is InChI=1S/C16H12ClN5OS2/c17-12-5-2-1-4-11(12)15-19-20-16(22(15)18)25-9-10-8-13(23-21-10)14-6-3-7-24-14/h1-8H,9,18H2. The number of thiophene rings is 1. The largest absolute Gasteiger partial charge is 0.355 e. The fraction of sp³-hybridized carbons (Fsp3) is 0.0625. The van der Waals surface area contributed by atoms with E-state index in [1.54, 1.807) is 17.4 Å². The van der Waals surface area contributed by atoms with E-state index in [1.807, 2.05) is 41.8 Å². The van der Waals surface area contributed by atoms with Gasteiger partial charge in [-0.05, 0) is 23.6 Å². The summed E-state index contributed by atoms with van der Waals surface area (Å²) in [6.07, 6.45) is 0. The Kier molecular flexibility index (Phi) is 4.48. The van der Waals surface area contributed by atoms with Crippen LogP contribution in [-0.2, 0) is 5.75 Å². The van der Waals surface area contributed by atoms with Gasteiger partial charge in [-0.25, -0.2) is 4.68 Å². The van der Waals surface area contributed by atoms with Gasteiger partial charge < -0.3 is 10.4 Å². The van der Waals surface area contributed by atoms with Gasteiger partial charge in [-0.3, -0.25) is 0 Å². The first-order valence-electron chi connectivity index (χ1n) is 7.30. The zero-order valence-electron chi connectivity index (χ0n) is 12.8. The number of nitrogen functional groups attached to an aromatic ring is 1. The summed E-state index contributed by atoms with van der Waals surface area (Å²) in [5, 5.41) is 15.5. The van der Waals surface area contributed by atoms with Crippen molar-refractivity contribution in [3.63, 3.8) is 0 Å². The van der Waals surface area contributed by atoms with Crippen LogP contribution in [0.1, 0.15) is 5.69 Å². The number of nitrogens with zero attached hydrogens (tertiary/aromatic N) is 4. The minimum Gasteiger partial charge on any atom is -0.355 e. The molecule has 25 heavy (non-hydrogen) atoms. The number of rotatable bonds is 5. The summed E-state index contributed by atoms with van der Waals surface area (Å²) in [5.74, 6) is 7.98. The number of benzene rings is 1. The average Bonchev–Trinajstić information content (AvgIpc) is 3.35. The molecule has 4 aromatic rings. The van der Waals surface area contributed by atoms with Gasteiger partial charge >= 0.3 is 0 Å². The van der Waals surface area contributed by atoms with Crippen molar-refractivity contribution < 1.29 is 4.52 Å². The first-order valence-corrected chi connectivity index (χ1v) is 9.54. The number of nitrogens with two attached hydrogens (primary N) is 1. The Morgan fingerprint density at radius 2 is 2.08 bits per heavy atom. The van der Waals surface area contributed by atoms with E-state index in [9.17, 15) is 0 Å². The molecule has 0 radical (unpaired) electrons. The molecule has 0 fully saturated rings. The third-order valence-electron chi connectivity index (χ3n) is 3.45. The minimum absolute atomic E-state index is 0.521. The minimum atomic E-state index is 0.521. The van der Waals surface area contributed by atoms with Crippen molar-refractivity contribution >= 4 is 34.7 Å². The SMILES string of the molecule is Nn1c(SCc2cc(-c3cccs3)on2)nnc1-c1ccccc1Cl. The first-order chi connectivity index (χ1) is 12.2. The Morgan fingerprint density at radius 1 is 1.20 bits per heavy atom. The van der Waals surface area contributed by atoms with Gasteiger partial charge in [-0.1, -0.05) is 46.7 Å². The number of thioether (sulfide) groups is 1. The molecule has 0 saturated heterocycles. The van der Waals surface area contributed by atoms with Crippen LogP contribution in [0.5, 0.6) is 0 Å². The summed E-state index contributed by atoms with van der Waals surface area (Å²) in [7, 11) is 0. The molecule has 0 spiro atoms. The van der Waals surface area contributed by atoms with Gasteiger partial charge in [0.2, 0.25) is 5.16 Å². The molecule has 0 unspecified atom stereocenters. The molecule has 126 valence electrons. The third-order valence-corrected chi connectivity index (χ3v) is 5.64. The zero-order valence-corrected chi connectivity index (χ0v) is 15.2. The Morgan fingerprint density at radius 3 is 2.88 bits per heavy atom. The normalized spacial score (nSPS) is 11.1. The van der Waals surface area contributed by atoms with Crippen LogP contribution >= 0.6 is 34.7 Å². The first kappa shape index (κ1) is 16.2. The number of hydrogen-bond acceptors (Lipinski definition) is 7. The quantitative estimate of drug-likeness (QED) is 0.404. The molecule has 0 aliphatic heterocycles. The van der Waals surface area contributed by atoms with Crippen LogP contribution in [0.2, 0.25) is 5.02 Å². The predicted octanol–water partition coefficient (Wildman–Crippen LogP) is 4.32. The van der Waals surface area contributed by atoms with E-state index in [-0.39, 0.29) is 0 Å². The second-order valence-corrected chi connectivity index (χ2v) is 7.40. The van der Waals surface area contributed by atoms with E-state index in [2.05, 4.69) is 15.4 Å². The zero-order chi connectivity index (χ0) is 17.2. The van der Waals surface area contributed by atoms with Crippen molar-refractivity contribution in [3.05, 3.63) is 58.6 Å². The second-order valence-electron chi connectivity index (χ2n) is 5.10. The molecule has 0 saturated carbocycles. The highest BCUT2D eigenvalue weighted by Gasteiger charge is 2.15. The van der Waals surface area contributed by atoms with Crippen LogP contribution in [0.4, 0.5) is 0 Å². The highest BCUT2D eigenvalue weighted by Crippen LogP contribution is 2.30. The van der Waals surface area contributed by atoms with Gasteiger partial charge in [0.05, 0.1) is 15.6 Å². The Labute approximate surface area is 156 Å². The number of hydrogen-bond donors (Lipinski definition) is 1. The highest BCUT2D eigenvalue weighted by molar-refractivity contribution is 7.98. The van der Waals surface area contributed by atoms with Gasteiger partial charge in [0.25, 0.3) is 0 Å². The Balaban J connectivity index is 1.50. The van der Waals surface area contributed by atoms with Crippen LogP contribution in [-0.4, -0.2) is 20.0 Å². The maximum absolute atomic E-state index is 6.20. The van der Waals surface area contributed by atoms with Crippen LogP contribution < -0.4 is 5.84 Å². The lowest BCUT2D eigenvalue weighted by atomic mass is 10.2. The van der Waals surface area contributed by atoms with Crippen molar-refractivity contribution in [2.75, 3.05) is 5.84 Å². The molecule has 9 heteroatoms. The number of halogens is 1. The van der Waals surface area contributed by atoms with Crippen molar-refractivity contribution in [3.8, 4) is 22.0 Å². The Hall–Kier alpha value is -2.29. The molecule has 3 heterocycles. The highest BCUT2D eigenvalue weighted by atomic mass is 35.5. The molecule has 1 aromatic carbocycles. The second kappa shape index (κ2) is 6.91. The average molecular weight is 390 g/mol. The molecule has 2 N–H and O–H groups in total. The van der Waals surface area contributed by atoms with Crippen molar-refractivity contribution in [1.29, 1.82) is 0 Å². The van der Waals surface area contributed by atoms with Gasteiger partial charge in [-0.15, -0.1) is 21.5 Å². The molecular weight excluding hydrogens is 378 g/mol. The molecular formula is C16H12ClN5OS2. The van der Waals surface area contributed by atoms with Crippen LogP contribution in [0.3, 0.4) is 0 Å². The van der Waals surface area contributed by atoms with Gasteiger partial charge in [0.15, 0.2) is 11.6 Å². The molecule has 3 aromatic heterocycles. The molecule has 0 atom stereocenters. The smallest absolute Gasteiger partial charge is 0.210 e. The third kappa shape index (κ3) is 3.28. The topological polar surface area (TPSA) is 82.8 Å². The summed E-state index contributed by atoms with van der Waals surface area (Å²) < 4.78 is 6.81. The Bertz CT molecular complexity index is 996. The van der Waals surface area contributed by atoms with E-state index in [1.165, 1.54) is 16.4 Å². The molecule has 6 nitrogen and oxygen atoms in total. The van der Waals surface area contributed by atoms with Crippen molar-refractivity contribution in [2.24, 2.45) is 0 Å². The van der Waals surface area contributed by atoms with Crippen LogP contribution in [0.25, 0.3) is 22.0 Å². The van der Waals surface area contributed by atoms with Crippen molar-refractivity contribution in [2.45, 2.75) is 10.9 Å². The maximum Gasteiger partial charge on any atom is 0.210 e. The fourth-order valence-corrected chi connectivity index (χ4v) is 3.89. The molecule has 0 amide bonds. The lowest BCUT2D eigenvalue weighted by Crippen LogP contribution is -2.11. The predicted molar refractivity (Wildman–Crippen MR) is 100.0 cm³/mol. The maximum atomic E-state index is 6.20. The van der Waals surface area contributed by atoms with E-state index < -0.39 is 0 Å².